The van der Waals surface area contributed by atoms with Gasteiger partial charge in [-0.05, 0) is 6.08 Å². The van der Waals surface area contributed by atoms with Gasteiger partial charge in [0.1, 0.15) is 0 Å². The number of nitrogens with zero attached hydrogens (tertiary/aromatic N) is 3. The lowest BCUT2D eigenvalue weighted by Crippen LogP contribution is -1.98. The summed E-state index contributed by atoms with van der Waals surface area (Å²) in [5.74, 6) is 0. The van der Waals surface area contributed by atoms with Gasteiger partial charge in [-0.2, -0.15) is 5.10 Å². The summed E-state index contributed by atoms with van der Waals surface area (Å²) in [4.78, 5) is 8.42. The highest BCUT2D eigenvalue weighted by Gasteiger charge is 2.00. The van der Waals surface area contributed by atoms with E-state index in [4.69, 9.17) is 0 Å². The first kappa shape index (κ1) is 11.8. The van der Waals surface area contributed by atoms with E-state index in [2.05, 4.69) is 33.7 Å². The van der Waals surface area contributed by atoms with E-state index >= 15 is 0 Å². The topological polar surface area (TPSA) is 50.2 Å². The third-order valence-electron chi connectivity index (χ3n) is 1.79. The zero-order valence-electron chi connectivity index (χ0n) is 9.22. The van der Waals surface area contributed by atoms with Crippen LogP contribution in [0.5, 0.6) is 0 Å². The molecule has 1 aromatic rings. The number of rotatable bonds is 5. The molecule has 1 aromatic heterocycles. The van der Waals surface area contributed by atoms with Crippen molar-refractivity contribution < 1.29 is 0 Å². The van der Waals surface area contributed by atoms with Gasteiger partial charge in [0.25, 0.3) is 0 Å². The van der Waals surface area contributed by atoms with Crippen molar-refractivity contribution in [3.8, 4) is 0 Å². The molecule has 4 nitrogen and oxygen atoms in total. The highest BCUT2D eigenvalue weighted by atomic mass is 15.3. The lowest BCUT2D eigenvalue weighted by Gasteiger charge is -2.01. The first-order valence-electron chi connectivity index (χ1n) is 4.79. The molecule has 0 aromatic carbocycles. The average molecular weight is 214 g/mol. The van der Waals surface area contributed by atoms with Gasteiger partial charge in [0.2, 0.25) is 0 Å². The van der Waals surface area contributed by atoms with Crippen LogP contribution in [0.3, 0.4) is 0 Å². The molecular formula is C12H14N4. The standard InChI is InChI=1S/C12H14N4/c1-4-6-10(7-15-13-3)12-9-14-8-11(5-2)16-12/h4-9,13H,1-2H2,3H3/b10-6+,15-7-. The zero-order chi connectivity index (χ0) is 11.8. The fourth-order valence-electron chi connectivity index (χ4n) is 1.07. The van der Waals surface area contributed by atoms with Crippen molar-refractivity contribution in [2.75, 3.05) is 7.05 Å². The molecule has 0 saturated carbocycles. The maximum absolute atomic E-state index is 4.35. The minimum atomic E-state index is 0.727. The van der Waals surface area contributed by atoms with Crippen LogP contribution in [0.25, 0.3) is 11.6 Å². The first-order chi connectivity index (χ1) is 7.81. The van der Waals surface area contributed by atoms with Gasteiger partial charge >= 0.3 is 0 Å². The van der Waals surface area contributed by atoms with E-state index in [1.165, 1.54) is 0 Å². The summed E-state index contributed by atoms with van der Waals surface area (Å²) in [7, 11) is 1.73. The van der Waals surface area contributed by atoms with Crippen LogP contribution in [0.15, 0.2) is 42.8 Å². The third-order valence-corrected chi connectivity index (χ3v) is 1.79. The normalized spacial score (nSPS) is 11.4. The molecule has 0 bridgehead atoms. The molecule has 0 saturated heterocycles. The van der Waals surface area contributed by atoms with Crippen LogP contribution in [0.2, 0.25) is 0 Å². The molecule has 1 rings (SSSR count). The molecule has 0 aliphatic heterocycles. The number of hydrazone groups is 1. The van der Waals surface area contributed by atoms with Crippen LogP contribution in [-0.4, -0.2) is 23.2 Å². The Labute approximate surface area is 95.1 Å². The molecule has 0 fully saturated rings. The Hall–Kier alpha value is -2.23. The van der Waals surface area contributed by atoms with E-state index < -0.39 is 0 Å². The second kappa shape index (κ2) is 6.29. The van der Waals surface area contributed by atoms with Crippen molar-refractivity contribution in [2.24, 2.45) is 5.10 Å². The van der Waals surface area contributed by atoms with Gasteiger partial charge in [-0.15, -0.1) is 0 Å². The second-order valence-electron chi connectivity index (χ2n) is 2.87. The Morgan fingerprint density at radius 1 is 1.44 bits per heavy atom. The minimum Gasteiger partial charge on any atom is -0.313 e. The van der Waals surface area contributed by atoms with Gasteiger partial charge in [0.15, 0.2) is 0 Å². The summed E-state index contributed by atoms with van der Waals surface area (Å²) in [6.45, 7) is 7.30. The van der Waals surface area contributed by atoms with Crippen molar-refractivity contribution in [2.45, 2.75) is 0 Å². The molecule has 0 aliphatic carbocycles. The summed E-state index contributed by atoms with van der Waals surface area (Å²) < 4.78 is 0. The van der Waals surface area contributed by atoms with E-state index in [9.17, 15) is 0 Å². The number of aromatic nitrogens is 2. The van der Waals surface area contributed by atoms with E-state index in [1.54, 1.807) is 37.8 Å². The van der Waals surface area contributed by atoms with Crippen molar-refractivity contribution >= 4 is 17.9 Å². The Morgan fingerprint density at radius 2 is 2.25 bits per heavy atom. The number of allylic oxidation sites excluding steroid dienone is 3. The van der Waals surface area contributed by atoms with Crippen molar-refractivity contribution in [3.63, 3.8) is 0 Å². The highest BCUT2D eigenvalue weighted by Crippen LogP contribution is 2.09. The Kier molecular flexibility index (Phi) is 4.66. The molecule has 4 heteroatoms. The smallest absolute Gasteiger partial charge is 0.0908 e. The van der Waals surface area contributed by atoms with E-state index in [0.29, 0.717) is 0 Å². The van der Waals surface area contributed by atoms with Gasteiger partial charge < -0.3 is 5.43 Å². The van der Waals surface area contributed by atoms with Crippen LogP contribution in [0.1, 0.15) is 11.4 Å². The van der Waals surface area contributed by atoms with E-state index in [0.717, 1.165) is 17.0 Å². The molecule has 0 spiro atoms. The number of nitrogens with one attached hydrogen (secondary N) is 1. The summed E-state index contributed by atoms with van der Waals surface area (Å²) >= 11 is 0. The quantitative estimate of drug-likeness (QED) is 0.462. The largest absolute Gasteiger partial charge is 0.313 e. The van der Waals surface area contributed by atoms with Crippen molar-refractivity contribution in [3.05, 3.63) is 49.1 Å². The molecule has 0 aliphatic rings. The van der Waals surface area contributed by atoms with E-state index in [-0.39, 0.29) is 0 Å². The summed E-state index contributed by atoms with van der Waals surface area (Å²) in [5.41, 5.74) is 4.97. The zero-order valence-corrected chi connectivity index (χ0v) is 9.22. The fourth-order valence-corrected chi connectivity index (χ4v) is 1.07. The van der Waals surface area contributed by atoms with E-state index in [1.807, 2.05) is 6.08 Å². The van der Waals surface area contributed by atoms with Gasteiger partial charge in [-0.3, -0.25) is 4.98 Å². The highest BCUT2D eigenvalue weighted by molar-refractivity contribution is 6.09. The molecule has 82 valence electrons. The summed E-state index contributed by atoms with van der Waals surface area (Å²) in [5, 5.41) is 3.94. The maximum atomic E-state index is 4.35. The SMILES string of the molecule is C=C/C=C(\C=N/NC)c1cncc(C=C)n1. The predicted octanol–water partition coefficient (Wildman–Crippen LogP) is 1.89. The fraction of sp³-hybridized carbons (Fsp3) is 0.0833. The Morgan fingerprint density at radius 3 is 2.88 bits per heavy atom. The summed E-state index contributed by atoms with van der Waals surface area (Å²) in [6, 6.07) is 0. The number of hydrogen-bond acceptors (Lipinski definition) is 4. The van der Waals surface area contributed by atoms with Gasteiger partial charge in [0, 0.05) is 12.6 Å². The molecule has 0 atom stereocenters. The molecule has 0 unspecified atom stereocenters. The van der Waals surface area contributed by atoms with Gasteiger partial charge in [0.05, 0.1) is 30.0 Å². The maximum Gasteiger partial charge on any atom is 0.0908 e. The summed E-state index contributed by atoms with van der Waals surface area (Å²) in [6.07, 6.45) is 10.1. The van der Waals surface area contributed by atoms with Gasteiger partial charge in [-0.25, -0.2) is 4.98 Å². The lowest BCUT2D eigenvalue weighted by molar-refractivity contribution is 0.909. The molecular weight excluding hydrogens is 200 g/mol. The third kappa shape index (κ3) is 3.16. The monoisotopic (exact) mass is 214 g/mol. The van der Waals surface area contributed by atoms with Crippen LogP contribution in [0.4, 0.5) is 0 Å². The average Bonchev–Trinajstić information content (AvgIpc) is 2.34. The van der Waals surface area contributed by atoms with Crippen LogP contribution in [-0.2, 0) is 0 Å². The predicted molar refractivity (Wildman–Crippen MR) is 67.8 cm³/mol. The molecule has 1 heterocycles. The van der Waals surface area contributed by atoms with Crippen LogP contribution in [0, 0.1) is 0 Å². The number of hydrogen-bond donors (Lipinski definition) is 1. The molecule has 1 N–H and O–H groups in total. The molecule has 0 radical (unpaired) electrons. The van der Waals surface area contributed by atoms with Crippen LogP contribution >= 0.6 is 0 Å². The lowest BCUT2D eigenvalue weighted by atomic mass is 10.2. The van der Waals surface area contributed by atoms with Crippen molar-refractivity contribution in [1.29, 1.82) is 0 Å². The minimum absolute atomic E-state index is 0.727. The van der Waals surface area contributed by atoms with Crippen molar-refractivity contribution in [1.82, 2.24) is 15.4 Å². The second-order valence-corrected chi connectivity index (χ2v) is 2.87. The van der Waals surface area contributed by atoms with Crippen LogP contribution < -0.4 is 5.43 Å². The Balaban J connectivity index is 3.10. The molecule has 16 heavy (non-hydrogen) atoms. The molecule has 0 amide bonds. The van der Waals surface area contributed by atoms with Gasteiger partial charge in [-0.1, -0.05) is 25.3 Å². The first-order valence-corrected chi connectivity index (χ1v) is 4.79. The Bertz CT molecular complexity index is 432.